The Morgan fingerprint density at radius 3 is 2.39 bits per heavy atom. The number of nitrogens with two attached hydrogens (primary N) is 1. The zero-order valence-electron chi connectivity index (χ0n) is 13.8. The first-order valence-electron chi connectivity index (χ1n) is 7.81. The van der Waals surface area contributed by atoms with Crippen LogP contribution in [0, 0.1) is 0 Å². The van der Waals surface area contributed by atoms with Crippen LogP contribution in [0.2, 0.25) is 0 Å². The van der Waals surface area contributed by atoms with Crippen molar-refractivity contribution < 1.29 is 18.0 Å². The zero-order valence-corrected chi connectivity index (χ0v) is 13.8. The average molecular weight is 330 g/mol. The summed E-state index contributed by atoms with van der Waals surface area (Å²) in [6.45, 7) is 5.59. The third-order valence-electron chi connectivity index (χ3n) is 4.01. The fraction of sp³-hybridized carbons (Fsp3) is 0.588. The number of halogens is 3. The molecular weight excluding hydrogens is 305 g/mol. The topological polar surface area (TPSA) is 55.1 Å². The number of unbranched alkanes of at least 4 members (excludes halogenated alkanes) is 1. The van der Waals surface area contributed by atoms with E-state index in [1.807, 2.05) is 6.92 Å². The molecule has 1 rings (SSSR count). The van der Waals surface area contributed by atoms with Gasteiger partial charge in [-0.05, 0) is 31.9 Å². The van der Waals surface area contributed by atoms with E-state index in [1.165, 1.54) is 12.1 Å². The molecule has 0 fully saturated rings. The third-order valence-corrected chi connectivity index (χ3v) is 4.01. The summed E-state index contributed by atoms with van der Waals surface area (Å²) in [6.07, 6.45) is -1.74. The molecule has 0 heterocycles. The minimum Gasteiger partial charge on any atom is -0.351 e. The molecule has 1 aromatic carbocycles. The number of amides is 1. The lowest BCUT2D eigenvalue weighted by Gasteiger charge is -2.28. The minimum atomic E-state index is -4.43. The van der Waals surface area contributed by atoms with Gasteiger partial charge < -0.3 is 11.1 Å². The first kappa shape index (κ1) is 19.5. The second-order valence-electron chi connectivity index (χ2n) is 6.25. The van der Waals surface area contributed by atoms with Crippen LogP contribution in [0.15, 0.2) is 24.3 Å². The monoisotopic (exact) mass is 330 g/mol. The lowest BCUT2D eigenvalue weighted by Crippen LogP contribution is -2.47. The van der Waals surface area contributed by atoms with Crippen molar-refractivity contribution in [3.8, 4) is 0 Å². The Morgan fingerprint density at radius 2 is 1.87 bits per heavy atom. The van der Waals surface area contributed by atoms with Gasteiger partial charge in [0.2, 0.25) is 5.91 Å². The lowest BCUT2D eigenvalue weighted by atomic mass is 9.82. The highest BCUT2D eigenvalue weighted by Gasteiger charge is 2.35. The van der Waals surface area contributed by atoms with Gasteiger partial charge in [-0.25, -0.2) is 0 Å². The van der Waals surface area contributed by atoms with Gasteiger partial charge in [-0.2, -0.15) is 13.2 Å². The maximum Gasteiger partial charge on any atom is 0.416 e. The van der Waals surface area contributed by atoms with Crippen LogP contribution in [-0.2, 0) is 16.4 Å². The molecule has 1 amide bonds. The molecule has 23 heavy (non-hydrogen) atoms. The molecule has 1 aromatic rings. The Labute approximate surface area is 135 Å². The Morgan fingerprint density at radius 1 is 1.26 bits per heavy atom. The molecule has 0 aliphatic rings. The summed E-state index contributed by atoms with van der Waals surface area (Å²) >= 11 is 0. The van der Waals surface area contributed by atoms with Crippen LogP contribution >= 0.6 is 0 Å². The number of benzene rings is 1. The molecule has 0 aliphatic carbocycles. The molecule has 0 saturated carbocycles. The molecule has 130 valence electrons. The summed E-state index contributed by atoms with van der Waals surface area (Å²) in [7, 11) is 0. The van der Waals surface area contributed by atoms with Crippen molar-refractivity contribution in [1.82, 2.24) is 5.32 Å². The van der Waals surface area contributed by atoms with E-state index < -0.39 is 17.2 Å². The largest absolute Gasteiger partial charge is 0.416 e. The van der Waals surface area contributed by atoms with Crippen LogP contribution in [0.5, 0.6) is 0 Å². The summed E-state index contributed by atoms with van der Waals surface area (Å²) in [5.74, 6) is -0.316. The molecule has 3 nitrogen and oxygen atoms in total. The van der Waals surface area contributed by atoms with Crippen molar-refractivity contribution in [1.29, 1.82) is 0 Å². The Bertz CT molecular complexity index is 527. The van der Waals surface area contributed by atoms with Crippen molar-refractivity contribution >= 4 is 5.91 Å². The van der Waals surface area contributed by atoms with Crippen LogP contribution in [0.4, 0.5) is 13.2 Å². The van der Waals surface area contributed by atoms with Crippen molar-refractivity contribution in [2.24, 2.45) is 5.73 Å². The predicted molar refractivity (Wildman–Crippen MR) is 85.0 cm³/mol. The fourth-order valence-corrected chi connectivity index (χ4v) is 2.28. The second-order valence-corrected chi connectivity index (χ2v) is 6.25. The predicted octanol–water partition coefficient (Wildman–Crippen LogP) is 3.62. The molecule has 6 heteroatoms. The van der Waals surface area contributed by atoms with Gasteiger partial charge in [-0.3, -0.25) is 4.79 Å². The van der Waals surface area contributed by atoms with Gasteiger partial charge >= 0.3 is 6.18 Å². The number of rotatable bonds is 7. The molecule has 0 aliphatic heterocycles. The highest BCUT2D eigenvalue weighted by atomic mass is 19.4. The van der Waals surface area contributed by atoms with E-state index >= 15 is 0 Å². The lowest BCUT2D eigenvalue weighted by molar-refractivity contribution is -0.138. The SMILES string of the molecule is CCCCC(CN)NC(=O)C(C)(C)c1cccc(C(F)(F)F)c1. The minimum absolute atomic E-state index is 0.160. The summed E-state index contributed by atoms with van der Waals surface area (Å²) in [6, 6.07) is 4.74. The molecule has 3 N–H and O–H groups in total. The summed E-state index contributed by atoms with van der Waals surface area (Å²) in [5, 5.41) is 2.85. The van der Waals surface area contributed by atoms with Crippen molar-refractivity contribution in [2.75, 3.05) is 6.54 Å². The second kappa shape index (κ2) is 7.81. The van der Waals surface area contributed by atoms with Gasteiger partial charge in [0.25, 0.3) is 0 Å². The van der Waals surface area contributed by atoms with Crippen LogP contribution in [0.25, 0.3) is 0 Å². The normalized spacial score (nSPS) is 13.7. The van der Waals surface area contributed by atoms with Crippen LogP contribution in [-0.4, -0.2) is 18.5 Å². The van der Waals surface area contributed by atoms with E-state index in [1.54, 1.807) is 13.8 Å². The molecule has 0 radical (unpaired) electrons. The smallest absolute Gasteiger partial charge is 0.351 e. The van der Waals surface area contributed by atoms with Crippen LogP contribution in [0.3, 0.4) is 0 Å². The van der Waals surface area contributed by atoms with Crippen LogP contribution in [0.1, 0.15) is 51.2 Å². The first-order chi connectivity index (χ1) is 10.6. The van der Waals surface area contributed by atoms with Gasteiger partial charge in [0.1, 0.15) is 0 Å². The molecular formula is C17H25F3N2O. The fourth-order valence-electron chi connectivity index (χ4n) is 2.28. The number of hydrogen-bond donors (Lipinski definition) is 2. The summed E-state index contributed by atoms with van der Waals surface area (Å²) in [5.41, 5.74) is 4.17. The Kier molecular flexibility index (Phi) is 6.62. The van der Waals surface area contributed by atoms with Gasteiger partial charge in [0, 0.05) is 12.6 Å². The van der Waals surface area contributed by atoms with E-state index in [-0.39, 0.29) is 11.9 Å². The first-order valence-corrected chi connectivity index (χ1v) is 7.81. The maximum absolute atomic E-state index is 12.8. The standard InChI is InChI=1S/C17H25F3N2O/c1-4-5-9-14(11-21)22-15(23)16(2,3)12-7-6-8-13(10-12)17(18,19)20/h6-8,10,14H,4-5,9,11,21H2,1-3H3,(H,22,23). The number of nitrogens with one attached hydrogen (secondary N) is 1. The quantitative estimate of drug-likeness (QED) is 0.802. The van der Waals surface area contributed by atoms with Crippen molar-refractivity contribution in [2.45, 2.75) is 57.7 Å². The van der Waals surface area contributed by atoms with Gasteiger partial charge in [-0.1, -0.05) is 38.0 Å². The Balaban J connectivity index is 2.94. The maximum atomic E-state index is 12.8. The summed E-state index contributed by atoms with van der Waals surface area (Å²) in [4.78, 5) is 12.5. The molecule has 0 spiro atoms. The van der Waals surface area contributed by atoms with E-state index in [2.05, 4.69) is 5.32 Å². The molecule has 1 atom stereocenters. The molecule has 0 bridgehead atoms. The Hall–Kier alpha value is -1.56. The van der Waals surface area contributed by atoms with E-state index in [4.69, 9.17) is 5.73 Å². The molecule has 0 aromatic heterocycles. The van der Waals surface area contributed by atoms with E-state index in [9.17, 15) is 18.0 Å². The highest BCUT2D eigenvalue weighted by molar-refractivity contribution is 5.87. The number of carbonyl (C=O) groups excluding carboxylic acids is 1. The van der Waals surface area contributed by atoms with Crippen molar-refractivity contribution in [3.63, 3.8) is 0 Å². The average Bonchev–Trinajstić information content (AvgIpc) is 2.50. The van der Waals surface area contributed by atoms with Crippen molar-refractivity contribution in [3.05, 3.63) is 35.4 Å². The molecule has 0 saturated heterocycles. The summed E-state index contributed by atoms with van der Waals surface area (Å²) < 4.78 is 38.5. The van der Waals surface area contributed by atoms with Crippen LogP contribution < -0.4 is 11.1 Å². The molecule has 1 unspecified atom stereocenters. The number of alkyl halides is 3. The van der Waals surface area contributed by atoms with Gasteiger partial charge in [0.15, 0.2) is 0 Å². The van der Waals surface area contributed by atoms with Gasteiger partial charge in [0.05, 0.1) is 11.0 Å². The van der Waals surface area contributed by atoms with E-state index in [0.29, 0.717) is 12.1 Å². The van der Waals surface area contributed by atoms with Gasteiger partial charge in [-0.15, -0.1) is 0 Å². The number of hydrogen-bond acceptors (Lipinski definition) is 2. The third kappa shape index (κ3) is 5.23. The van der Waals surface area contributed by atoms with E-state index in [0.717, 1.165) is 31.4 Å². The highest BCUT2D eigenvalue weighted by Crippen LogP contribution is 2.33. The number of carbonyl (C=O) groups is 1. The zero-order chi connectivity index (χ0) is 17.7.